The Kier molecular flexibility index (Phi) is 4.90. The lowest BCUT2D eigenvalue weighted by Gasteiger charge is -2.24. The Bertz CT molecular complexity index is 723. The summed E-state index contributed by atoms with van der Waals surface area (Å²) in [6.45, 7) is 0.615. The zero-order chi connectivity index (χ0) is 16.1. The van der Waals surface area contributed by atoms with Crippen LogP contribution in [0.25, 0.3) is 0 Å². The second-order valence-electron chi connectivity index (χ2n) is 5.21. The zero-order valence-electron chi connectivity index (χ0n) is 12.5. The van der Waals surface area contributed by atoms with Crippen LogP contribution in [0.3, 0.4) is 0 Å². The van der Waals surface area contributed by atoms with Gasteiger partial charge in [0.05, 0.1) is 18.4 Å². The maximum absolute atomic E-state index is 12.7. The smallest absolute Gasteiger partial charge is 0.255 e. The fourth-order valence-corrected chi connectivity index (χ4v) is 3.00. The third-order valence-electron chi connectivity index (χ3n) is 3.54. The highest BCUT2D eigenvalue weighted by molar-refractivity contribution is 7.08. The molecule has 0 saturated heterocycles. The number of carbonyl (C=O) groups excluding carboxylic acids is 1. The van der Waals surface area contributed by atoms with Crippen molar-refractivity contribution in [2.24, 2.45) is 0 Å². The molecule has 0 spiro atoms. The molecular weight excluding hydrogens is 310 g/mol. The number of carbonyl (C=O) groups is 1. The highest BCUT2D eigenvalue weighted by Gasteiger charge is 2.22. The van der Waals surface area contributed by atoms with Gasteiger partial charge in [-0.25, -0.2) is 0 Å². The molecule has 3 rings (SSSR count). The van der Waals surface area contributed by atoms with Crippen molar-refractivity contribution in [2.75, 3.05) is 6.54 Å². The fraction of sp³-hybridized carbons (Fsp3) is 0.167. The lowest BCUT2D eigenvalue weighted by molar-refractivity contribution is 0.0563. The van der Waals surface area contributed by atoms with Crippen molar-refractivity contribution in [3.8, 4) is 0 Å². The predicted octanol–water partition coefficient (Wildman–Crippen LogP) is 3.72. The molecule has 1 N–H and O–H groups in total. The van der Waals surface area contributed by atoms with Gasteiger partial charge >= 0.3 is 0 Å². The molecule has 23 heavy (non-hydrogen) atoms. The molecule has 0 aliphatic rings. The summed E-state index contributed by atoms with van der Waals surface area (Å²) in [5.41, 5.74) is 1.65. The molecule has 0 fully saturated rings. The van der Waals surface area contributed by atoms with E-state index in [9.17, 15) is 9.90 Å². The SMILES string of the molecule is O=C(c1ccsc1)N(Cc1ccccc1)C[C@H](O)c1ccco1. The number of amides is 1. The van der Waals surface area contributed by atoms with Gasteiger partial charge in [0.2, 0.25) is 0 Å². The fourth-order valence-electron chi connectivity index (χ4n) is 2.37. The second kappa shape index (κ2) is 7.26. The normalized spacial score (nSPS) is 12.0. The van der Waals surface area contributed by atoms with E-state index in [-0.39, 0.29) is 12.5 Å². The summed E-state index contributed by atoms with van der Waals surface area (Å²) < 4.78 is 5.23. The van der Waals surface area contributed by atoms with E-state index in [2.05, 4.69) is 0 Å². The molecule has 5 heteroatoms. The second-order valence-corrected chi connectivity index (χ2v) is 5.99. The van der Waals surface area contributed by atoms with Crippen LogP contribution < -0.4 is 0 Å². The van der Waals surface area contributed by atoms with Crippen LogP contribution in [0.15, 0.2) is 70.0 Å². The van der Waals surface area contributed by atoms with Gasteiger partial charge in [0.15, 0.2) is 0 Å². The Morgan fingerprint density at radius 1 is 1.17 bits per heavy atom. The summed E-state index contributed by atoms with van der Waals surface area (Å²) in [5.74, 6) is 0.363. The molecule has 2 heterocycles. The van der Waals surface area contributed by atoms with Crippen molar-refractivity contribution < 1.29 is 14.3 Å². The zero-order valence-corrected chi connectivity index (χ0v) is 13.3. The molecule has 118 valence electrons. The molecule has 0 saturated carbocycles. The highest BCUT2D eigenvalue weighted by Crippen LogP contribution is 2.19. The number of hydrogen-bond acceptors (Lipinski definition) is 4. The minimum absolute atomic E-state index is 0.0966. The molecule has 0 aliphatic heterocycles. The van der Waals surface area contributed by atoms with Gasteiger partial charge in [-0.15, -0.1) is 0 Å². The van der Waals surface area contributed by atoms with E-state index in [0.717, 1.165) is 5.56 Å². The Hall–Kier alpha value is -2.37. The van der Waals surface area contributed by atoms with Gasteiger partial charge in [0, 0.05) is 11.9 Å². The van der Waals surface area contributed by atoms with Gasteiger partial charge in [-0.1, -0.05) is 30.3 Å². The minimum Gasteiger partial charge on any atom is -0.467 e. The number of aliphatic hydroxyl groups is 1. The lowest BCUT2D eigenvalue weighted by atomic mass is 10.1. The summed E-state index contributed by atoms with van der Waals surface area (Å²) in [4.78, 5) is 14.3. The van der Waals surface area contributed by atoms with Crippen molar-refractivity contribution in [1.82, 2.24) is 4.90 Å². The van der Waals surface area contributed by atoms with E-state index in [1.165, 1.54) is 17.6 Å². The molecule has 2 aromatic heterocycles. The largest absolute Gasteiger partial charge is 0.467 e. The van der Waals surface area contributed by atoms with E-state index >= 15 is 0 Å². The van der Waals surface area contributed by atoms with Gasteiger partial charge in [-0.2, -0.15) is 11.3 Å². The van der Waals surface area contributed by atoms with Gasteiger partial charge in [0.1, 0.15) is 11.9 Å². The average Bonchev–Trinajstić information content (AvgIpc) is 3.27. The van der Waals surface area contributed by atoms with Crippen molar-refractivity contribution >= 4 is 17.2 Å². The predicted molar refractivity (Wildman–Crippen MR) is 89.2 cm³/mol. The summed E-state index contributed by atoms with van der Waals surface area (Å²) in [7, 11) is 0. The first-order valence-corrected chi connectivity index (χ1v) is 8.25. The maximum Gasteiger partial charge on any atom is 0.255 e. The molecular formula is C18H17NO3S. The van der Waals surface area contributed by atoms with Crippen molar-refractivity contribution in [1.29, 1.82) is 0 Å². The van der Waals surface area contributed by atoms with E-state index < -0.39 is 6.10 Å². The number of benzene rings is 1. The molecule has 1 aromatic carbocycles. The first-order valence-electron chi connectivity index (χ1n) is 7.31. The van der Waals surface area contributed by atoms with Gasteiger partial charge in [-0.3, -0.25) is 4.79 Å². The average molecular weight is 327 g/mol. The first kappa shape index (κ1) is 15.5. The van der Waals surface area contributed by atoms with Crippen molar-refractivity contribution in [3.63, 3.8) is 0 Å². The van der Waals surface area contributed by atoms with Crippen molar-refractivity contribution in [3.05, 3.63) is 82.4 Å². The Morgan fingerprint density at radius 2 is 2.00 bits per heavy atom. The third kappa shape index (κ3) is 3.88. The number of nitrogens with zero attached hydrogens (tertiary/aromatic N) is 1. The molecule has 0 radical (unpaired) electrons. The number of furan rings is 1. The van der Waals surface area contributed by atoms with Crippen LogP contribution in [0.2, 0.25) is 0 Å². The summed E-state index contributed by atoms with van der Waals surface area (Å²) in [5, 5.41) is 14.0. The monoisotopic (exact) mass is 327 g/mol. The van der Waals surface area contributed by atoms with Gasteiger partial charge in [0.25, 0.3) is 5.91 Å². The van der Waals surface area contributed by atoms with Crippen LogP contribution in [0, 0.1) is 0 Å². The molecule has 4 nitrogen and oxygen atoms in total. The maximum atomic E-state index is 12.7. The Morgan fingerprint density at radius 3 is 2.65 bits per heavy atom. The Labute approximate surface area is 138 Å². The number of rotatable bonds is 6. The van der Waals surface area contributed by atoms with E-state index in [0.29, 0.717) is 17.9 Å². The van der Waals surface area contributed by atoms with Crippen LogP contribution >= 0.6 is 11.3 Å². The van der Waals surface area contributed by atoms with E-state index in [1.807, 2.05) is 41.1 Å². The minimum atomic E-state index is -0.851. The highest BCUT2D eigenvalue weighted by atomic mass is 32.1. The lowest BCUT2D eigenvalue weighted by Crippen LogP contribution is -2.34. The molecule has 1 amide bonds. The summed E-state index contributed by atoms with van der Waals surface area (Å²) in [6.07, 6.45) is 0.664. The molecule has 1 atom stereocenters. The van der Waals surface area contributed by atoms with Crippen LogP contribution in [-0.2, 0) is 6.54 Å². The molecule has 0 bridgehead atoms. The van der Waals surface area contributed by atoms with Crippen LogP contribution in [0.4, 0.5) is 0 Å². The number of thiophene rings is 1. The molecule has 3 aromatic rings. The third-order valence-corrected chi connectivity index (χ3v) is 4.22. The number of aliphatic hydroxyl groups excluding tert-OH is 1. The van der Waals surface area contributed by atoms with Gasteiger partial charge < -0.3 is 14.4 Å². The van der Waals surface area contributed by atoms with Crippen LogP contribution in [-0.4, -0.2) is 22.5 Å². The summed E-state index contributed by atoms with van der Waals surface area (Å²) in [6, 6.07) is 15.0. The quantitative estimate of drug-likeness (QED) is 0.751. The van der Waals surface area contributed by atoms with E-state index in [1.54, 1.807) is 23.1 Å². The van der Waals surface area contributed by atoms with E-state index in [4.69, 9.17) is 4.42 Å². The first-order chi connectivity index (χ1) is 11.2. The molecule has 0 aliphatic carbocycles. The topological polar surface area (TPSA) is 53.7 Å². The van der Waals surface area contributed by atoms with Crippen LogP contribution in [0.1, 0.15) is 27.8 Å². The molecule has 0 unspecified atom stereocenters. The summed E-state index contributed by atoms with van der Waals surface area (Å²) >= 11 is 1.48. The number of hydrogen-bond donors (Lipinski definition) is 1. The van der Waals surface area contributed by atoms with Gasteiger partial charge in [-0.05, 0) is 29.1 Å². The van der Waals surface area contributed by atoms with Crippen molar-refractivity contribution in [2.45, 2.75) is 12.6 Å². The van der Waals surface area contributed by atoms with Crippen LogP contribution in [0.5, 0.6) is 0 Å². The standard InChI is InChI=1S/C18H17NO3S/c20-16(17-7-4-9-22-17)12-19(11-14-5-2-1-3-6-14)18(21)15-8-10-23-13-15/h1-10,13,16,20H,11-12H2/t16-/m0/s1. The Balaban J connectivity index is 1.79.